The average molecular weight is 556 g/mol. The topological polar surface area (TPSA) is 86.8 Å². The van der Waals surface area contributed by atoms with Crippen LogP contribution in [0.1, 0.15) is 35.6 Å². The fourth-order valence-corrected chi connectivity index (χ4v) is 5.95. The summed E-state index contributed by atoms with van der Waals surface area (Å²) < 4.78 is 28.9. The number of rotatable bonds is 10. The number of sulfonamides is 1. The Hall–Kier alpha value is -3.36. The molecule has 0 saturated carbocycles. The Morgan fingerprint density at radius 1 is 0.947 bits per heavy atom. The molecule has 3 aromatic carbocycles. The highest BCUT2D eigenvalue weighted by molar-refractivity contribution is 7.92. The first-order valence-electron chi connectivity index (χ1n) is 12.4. The lowest BCUT2D eigenvalue weighted by atomic mass is 10.1. The number of carbonyl (C=O) groups is 2. The predicted octanol–water partition coefficient (Wildman–Crippen LogP) is 5.01. The van der Waals surface area contributed by atoms with E-state index >= 15 is 0 Å². The zero-order chi connectivity index (χ0) is 28.0. The molecule has 1 atom stereocenters. The number of benzene rings is 3. The number of likely N-dealkylation sites (N-methyl/N-ethyl adjacent to an activating group) is 1. The van der Waals surface area contributed by atoms with Gasteiger partial charge in [0.15, 0.2) is 0 Å². The van der Waals surface area contributed by atoms with Gasteiger partial charge in [0.1, 0.15) is 12.6 Å². The minimum atomic E-state index is -4.15. The van der Waals surface area contributed by atoms with E-state index in [0.717, 1.165) is 21.0 Å². The summed E-state index contributed by atoms with van der Waals surface area (Å²) in [6, 6.07) is 18.3. The lowest BCUT2D eigenvalue weighted by molar-refractivity contribution is -0.140. The maximum Gasteiger partial charge on any atom is 0.264 e. The molecule has 3 aromatic rings. The van der Waals surface area contributed by atoms with Crippen molar-refractivity contribution in [1.29, 1.82) is 0 Å². The van der Waals surface area contributed by atoms with E-state index in [1.165, 1.54) is 24.1 Å². The normalized spacial score (nSPS) is 12.1. The van der Waals surface area contributed by atoms with Gasteiger partial charge < -0.3 is 10.2 Å². The molecule has 0 bridgehead atoms. The standard InChI is InChI=1S/C29H34ClN3O4S/c1-6-26(29(35)31-5)32(18-23-10-7-9-21(3)17-23)28(34)19-33(27-12-8-11-25(30)22(27)4)38(36,37)24-15-13-20(2)14-16-24/h7-17,26H,6,18-19H2,1-5H3,(H,31,35)/t26-/m0/s1. The number of hydrogen-bond donors (Lipinski definition) is 1. The molecule has 0 aliphatic heterocycles. The molecule has 0 unspecified atom stereocenters. The van der Waals surface area contributed by atoms with Gasteiger partial charge >= 0.3 is 0 Å². The van der Waals surface area contributed by atoms with Crippen molar-refractivity contribution in [2.24, 2.45) is 0 Å². The third kappa shape index (κ3) is 6.55. The van der Waals surface area contributed by atoms with Crippen LogP contribution in [-0.2, 0) is 26.2 Å². The summed E-state index contributed by atoms with van der Waals surface area (Å²) in [6.45, 7) is 6.99. The molecule has 202 valence electrons. The van der Waals surface area contributed by atoms with Crippen molar-refractivity contribution in [3.05, 3.63) is 94.0 Å². The van der Waals surface area contributed by atoms with Gasteiger partial charge in [-0.2, -0.15) is 0 Å². The van der Waals surface area contributed by atoms with Gasteiger partial charge in [0.2, 0.25) is 11.8 Å². The SMILES string of the molecule is CC[C@@H](C(=O)NC)N(Cc1cccc(C)c1)C(=O)CN(c1cccc(Cl)c1C)S(=O)(=O)c1ccc(C)cc1. The summed E-state index contributed by atoms with van der Waals surface area (Å²) in [7, 11) is -2.63. The predicted molar refractivity (Wildman–Crippen MR) is 152 cm³/mol. The molecular weight excluding hydrogens is 522 g/mol. The van der Waals surface area contributed by atoms with E-state index in [0.29, 0.717) is 22.7 Å². The lowest BCUT2D eigenvalue weighted by Gasteiger charge is -2.33. The van der Waals surface area contributed by atoms with Crippen LogP contribution >= 0.6 is 11.6 Å². The zero-order valence-electron chi connectivity index (χ0n) is 22.4. The van der Waals surface area contributed by atoms with Crippen LogP contribution in [-0.4, -0.2) is 44.8 Å². The molecule has 0 spiro atoms. The van der Waals surface area contributed by atoms with Crippen molar-refractivity contribution in [3.63, 3.8) is 0 Å². The van der Waals surface area contributed by atoms with Crippen molar-refractivity contribution in [2.45, 2.75) is 51.6 Å². The van der Waals surface area contributed by atoms with E-state index in [1.54, 1.807) is 37.3 Å². The van der Waals surface area contributed by atoms with Gasteiger partial charge in [-0.1, -0.05) is 72.1 Å². The van der Waals surface area contributed by atoms with E-state index in [2.05, 4.69) is 5.32 Å². The molecule has 0 heterocycles. The third-order valence-electron chi connectivity index (χ3n) is 6.46. The Labute approximate surface area is 230 Å². The van der Waals surface area contributed by atoms with E-state index < -0.39 is 28.5 Å². The van der Waals surface area contributed by atoms with Crippen LogP contribution in [0.3, 0.4) is 0 Å². The van der Waals surface area contributed by atoms with E-state index in [-0.39, 0.29) is 17.3 Å². The van der Waals surface area contributed by atoms with Crippen LogP contribution in [0.2, 0.25) is 5.02 Å². The highest BCUT2D eigenvalue weighted by Gasteiger charge is 2.34. The minimum absolute atomic E-state index is 0.0545. The van der Waals surface area contributed by atoms with Crippen molar-refractivity contribution in [3.8, 4) is 0 Å². The van der Waals surface area contributed by atoms with Gasteiger partial charge in [-0.05, 0) is 62.6 Å². The third-order valence-corrected chi connectivity index (χ3v) is 8.65. The largest absolute Gasteiger partial charge is 0.357 e. The second kappa shape index (κ2) is 12.5. The molecule has 1 N–H and O–H groups in total. The van der Waals surface area contributed by atoms with Crippen LogP contribution in [0.4, 0.5) is 5.69 Å². The Morgan fingerprint density at radius 2 is 1.61 bits per heavy atom. The first kappa shape index (κ1) is 29.2. The first-order valence-corrected chi connectivity index (χ1v) is 14.2. The summed E-state index contributed by atoms with van der Waals surface area (Å²) in [5, 5.41) is 3.01. The van der Waals surface area contributed by atoms with Crippen molar-refractivity contribution in [2.75, 3.05) is 17.9 Å². The molecule has 0 fully saturated rings. The maximum absolute atomic E-state index is 14.0. The number of hydrogen-bond acceptors (Lipinski definition) is 4. The summed E-state index contributed by atoms with van der Waals surface area (Å²) in [5.41, 5.74) is 3.59. The summed E-state index contributed by atoms with van der Waals surface area (Å²) >= 11 is 6.36. The number of nitrogens with zero attached hydrogens (tertiary/aromatic N) is 2. The quantitative estimate of drug-likeness (QED) is 0.381. The Kier molecular flexibility index (Phi) is 9.57. The molecule has 0 aromatic heterocycles. The molecule has 0 aliphatic rings. The number of halogens is 1. The van der Waals surface area contributed by atoms with Crippen LogP contribution < -0.4 is 9.62 Å². The molecule has 7 nitrogen and oxygen atoms in total. The molecule has 38 heavy (non-hydrogen) atoms. The van der Waals surface area contributed by atoms with Gasteiger partial charge in [-0.25, -0.2) is 8.42 Å². The Balaban J connectivity index is 2.11. The van der Waals surface area contributed by atoms with Crippen molar-refractivity contribution in [1.82, 2.24) is 10.2 Å². The molecule has 0 aliphatic carbocycles. The number of anilines is 1. The van der Waals surface area contributed by atoms with Gasteiger partial charge in [0, 0.05) is 18.6 Å². The van der Waals surface area contributed by atoms with E-state index in [4.69, 9.17) is 11.6 Å². The van der Waals surface area contributed by atoms with E-state index in [9.17, 15) is 18.0 Å². The average Bonchev–Trinajstić information content (AvgIpc) is 2.89. The lowest BCUT2D eigenvalue weighted by Crippen LogP contribution is -2.51. The molecule has 2 amide bonds. The number of carbonyl (C=O) groups excluding carboxylic acids is 2. The Bertz CT molecular complexity index is 1410. The van der Waals surface area contributed by atoms with Crippen LogP contribution in [0.15, 0.2) is 71.6 Å². The summed E-state index contributed by atoms with van der Waals surface area (Å²) in [5.74, 6) is -0.822. The minimum Gasteiger partial charge on any atom is -0.357 e. The second-order valence-electron chi connectivity index (χ2n) is 9.26. The zero-order valence-corrected chi connectivity index (χ0v) is 23.9. The maximum atomic E-state index is 14.0. The first-order chi connectivity index (χ1) is 18.0. The van der Waals surface area contributed by atoms with Gasteiger partial charge in [-0.15, -0.1) is 0 Å². The molecule has 3 rings (SSSR count). The van der Waals surface area contributed by atoms with Gasteiger partial charge in [-0.3, -0.25) is 13.9 Å². The molecule has 0 radical (unpaired) electrons. The number of nitrogens with one attached hydrogen (secondary N) is 1. The van der Waals surface area contributed by atoms with Crippen LogP contribution in [0, 0.1) is 20.8 Å². The Morgan fingerprint density at radius 3 is 2.21 bits per heavy atom. The number of aryl methyl sites for hydroxylation is 2. The summed E-state index contributed by atoms with van der Waals surface area (Å²) in [4.78, 5) is 28.3. The number of amides is 2. The van der Waals surface area contributed by atoms with Crippen molar-refractivity contribution < 1.29 is 18.0 Å². The van der Waals surface area contributed by atoms with Gasteiger partial charge in [0.25, 0.3) is 10.0 Å². The van der Waals surface area contributed by atoms with E-state index in [1.807, 2.05) is 45.0 Å². The highest BCUT2D eigenvalue weighted by Crippen LogP contribution is 2.31. The molecule has 0 saturated heterocycles. The molecule has 9 heteroatoms. The van der Waals surface area contributed by atoms with Gasteiger partial charge in [0.05, 0.1) is 10.6 Å². The molecular formula is C29H34ClN3O4S. The van der Waals surface area contributed by atoms with Crippen LogP contribution in [0.25, 0.3) is 0 Å². The highest BCUT2D eigenvalue weighted by atomic mass is 35.5. The fraction of sp³-hybridized carbons (Fsp3) is 0.310. The van der Waals surface area contributed by atoms with Crippen molar-refractivity contribution >= 4 is 39.1 Å². The second-order valence-corrected chi connectivity index (χ2v) is 11.5. The fourth-order valence-electron chi connectivity index (χ4n) is 4.31. The monoisotopic (exact) mass is 555 g/mol. The van der Waals surface area contributed by atoms with Crippen LogP contribution in [0.5, 0.6) is 0 Å². The summed E-state index contributed by atoms with van der Waals surface area (Å²) in [6.07, 6.45) is 0.359. The smallest absolute Gasteiger partial charge is 0.264 e.